The molecular weight excluding hydrogens is 364 g/mol. The summed E-state index contributed by atoms with van der Waals surface area (Å²) < 4.78 is 7.44. The zero-order valence-electron chi connectivity index (χ0n) is 15.9. The van der Waals surface area contributed by atoms with Gasteiger partial charge in [-0.2, -0.15) is 0 Å². The molecule has 1 aliphatic heterocycles. The van der Waals surface area contributed by atoms with Gasteiger partial charge in [0, 0.05) is 36.4 Å². The molecule has 6 heteroatoms. The molecule has 3 heterocycles. The molecule has 0 saturated carbocycles. The Morgan fingerprint density at radius 3 is 2.76 bits per heavy atom. The fourth-order valence-corrected chi connectivity index (χ4v) is 3.80. The summed E-state index contributed by atoms with van der Waals surface area (Å²) >= 11 is 0. The molecule has 5 rings (SSSR count). The van der Waals surface area contributed by atoms with Gasteiger partial charge >= 0.3 is 0 Å². The maximum Gasteiger partial charge on any atom is 0.295 e. The Labute approximate surface area is 168 Å². The van der Waals surface area contributed by atoms with Gasteiger partial charge in [0.15, 0.2) is 5.76 Å². The molecule has 2 aromatic carbocycles. The molecule has 4 aromatic rings. The molecule has 0 radical (unpaired) electrons. The number of hydrogen-bond donors (Lipinski definition) is 0. The zero-order chi connectivity index (χ0) is 19.6. The molecule has 0 spiro atoms. The van der Waals surface area contributed by atoms with Crippen LogP contribution in [0.4, 0.5) is 5.69 Å². The number of amides is 1. The molecule has 6 nitrogen and oxygen atoms in total. The molecule has 0 unspecified atom stereocenters. The highest BCUT2D eigenvalue weighted by molar-refractivity contribution is 6.23. The Morgan fingerprint density at radius 2 is 1.97 bits per heavy atom. The molecule has 1 aliphatic rings. The number of imidazole rings is 1. The summed E-state index contributed by atoms with van der Waals surface area (Å²) in [5.74, 6) is 0.854. The molecule has 0 aliphatic carbocycles. The maximum atomic E-state index is 13.2. The molecule has 0 saturated heterocycles. The monoisotopic (exact) mass is 384 g/mol. The average Bonchev–Trinajstić information content (AvgIpc) is 3.51. The number of benzene rings is 2. The topological polar surface area (TPSA) is 63.6 Å². The van der Waals surface area contributed by atoms with E-state index in [4.69, 9.17) is 9.41 Å². The van der Waals surface area contributed by atoms with Crippen LogP contribution in [0.2, 0.25) is 0 Å². The Morgan fingerprint density at radius 1 is 1.07 bits per heavy atom. The van der Waals surface area contributed by atoms with E-state index >= 15 is 0 Å². The van der Waals surface area contributed by atoms with Crippen LogP contribution in [0, 0.1) is 0 Å². The quantitative estimate of drug-likeness (QED) is 0.455. The molecule has 1 amide bonds. The molecule has 2 aromatic heterocycles. The van der Waals surface area contributed by atoms with Crippen molar-refractivity contribution in [2.75, 3.05) is 6.54 Å². The molecule has 0 N–H and O–H groups in total. The number of nitrogens with zero attached hydrogens (tertiary/aromatic N) is 4. The fourth-order valence-electron chi connectivity index (χ4n) is 3.80. The fraction of sp³-hybridized carbons (Fsp3) is 0.174. The molecule has 29 heavy (non-hydrogen) atoms. The summed E-state index contributed by atoms with van der Waals surface area (Å²) in [5, 5.41) is 2.23. The van der Waals surface area contributed by atoms with Gasteiger partial charge < -0.3 is 8.98 Å². The first-order chi connectivity index (χ1) is 14.3. The summed E-state index contributed by atoms with van der Waals surface area (Å²) in [7, 11) is 0. The minimum Gasteiger partial charge on any atom is -0.459 e. The van der Waals surface area contributed by atoms with Crippen molar-refractivity contribution in [1.82, 2.24) is 14.5 Å². The lowest BCUT2D eigenvalue weighted by Gasteiger charge is -2.22. The minimum absolute atomic E-state index is 0.166. The smallest absolute Gasteiger partial charge is 0.295 e. The van der Waals surface area contributed by atoms with Crippen molar-refractivity contribution in [2.24, 2.45) is 4.99 Å². The van der Waals surface area contributed by atoms with Gasteiger partial charge in [0.25, 0.3) is 5.91 Å². The van der Waals surface area contributed by atoms with Crippen LogP contribution < -0.4 is 0 Å². The van der Waals surface area contributed by atoms with Gasteiger partial charge in [-0.05, 0) is 36.4 Å². The predicted molar refractivity (Wildman–Crippen MR) is 111 cm³/mol. The molecule has 0 fully saturated rings. The van der Waals surface area contributed by atoms with E-state index in [-0.39, 0.29) is 5.91 Å². The number of aromatic nitrogens is 2. The van der Waals surface area contributed by atoms with Crippen LogP contribution in [0.5, 0.6) is 0 Å². The highest BCUT2D eigenvalue weighted by atomic mass is 16.3. The van der Waals surface area contributed by atoms with Crippen LogP contribution in [-0.4, -0.2) is 32.7 Å². The Bertz CT molecular complexity index is 1170. The molecule has 0 atom stereocenters. The Balaban J connectivity index is 1.43. The van der Waals surface area contributed by atoms with Crippen LogP contribution in [0.1, 0.15) is 29.0 Å². The van der Waals surface area contributed by atoms with Gasteiger partial charge in [-0.15, -0.1) is 0 Å². The van der Waals surface area contributed by atoms with E-state index in [1.54, 1.807) is 23.2 Å². The Kier molecular flexibility index (Phi) is 4.44. The second kappa shape index (κ2) is 7.39. The third-order valence-electron chi connectivity index (χ3n) is 5.19. The number of furan rings is 1. The maximum absolute atomic E-state index is 13.2. The number of carbonyl (C=O) groups is 1. The van der Waals surface area contributed by atoms with Crippen LogP contribution in [0.3, 0.4) is 0 Å². The summed E-state index contributed by atoms with van der Waals surface area (Å²) in [4.78, 5) is 23.9. The van der Waals surface area contributed by atoms with Gasteiger partial charge in [-0.3, -0.25) is 9.69 Å². The van der Waals surface area contributed by atoms with Gasteiger partial charge in [-0.1, -0.05) is 30.3 Å². The van der Waals surface area contributed by atoms with E-state index in [2.05, 4.69) is 17.1 Å². The SMILES string of the molecule is O=C(c1ccco1)N(CCCCn1ccnc1)C1=Nc2cccc3cccc1c23. The van der Waals surface area contributed by atoms with Gasteiger partial charge in [-0.25, -0.2) is 9.98 Å². The number of carbonyl (C=O) groups excluding carboxylic acids is 1. The number of amidine groups is 1. The number of unbranched alkanes of at least 4 members (excludes halogenated alkanes) is 1. The molecule has 0 bridgehead atoms. The second-order valence-corrected chi connectivity index (χ2v) is 7.06. The lowest BCUT2D eigenvalue weighted by molar-refractivity contribution is 0.0815. The van der Waals surface area contributed by atoms with Crippen molar-refractivity contribution in [2.45, 2.75) is 19.4 Å². The van der Waals surface area contributed by atoms with E-state index in [1.807, 2.05) is 41.4 Å². The molecule has 144 valence electrons. The van der Waals surface area contributed by atoms with E-state index < -0.39 is 0 Å². The summed E-state index contributed by atoms with van der Waals surface area (Å²) in [5.41, 5.74) is 1.90. The zero-order valence-corrected chi connectivity index (χ0v) is 15.9. The average molecular weight is 384 g/mol. The predicted octanol–water partition coefficient (Wildman–Crippen LogP) is 4.64. The van der Waals surface area contributed by atoms with Crippen molar-refractivity contribution in [1.29, 1.82) is 0 Å². The van der Waals surface area contributed by atoms with E-state index in [9.17, 15) is 4.79 Å². The van der Waals surface area contributed by atoms with Crippen molar-refractivity contribution in [3.63, 3.8) is 0 Å². The normalized spacial score (nSPS) is 12.3. The number of aryl methyl sites for hydroxylation is 1. The number of rotatable bonds is 6. The van der Waals surface area contributed by atoms with Crippen molar-refractivity contribution >= 4 is 28.2 Å². The van der Waals surface area contributed by atoms with Crippen molar-refractivity contribution in [3.8, 4) is 0 Å². The van der Waals surface area contributed by atoms with Gasteiger partial charge in [0.1, 0.15) is 5.84 Å². The van der Waals surface area contributed by atoms with Crippen LogP contribution in [-0.2, 0) is 6.54 Å². The third-order valence-corrected chi connectivity index (χ3v) is 5.19. The van der Waals surface area contributed by atoms with Crippen molar-refractivity contribution in [3.05, 3.63) is 84.8 Å². The van der Waals surface area contributed by atoms with E-state index in [0.29, 0.717) is 18.1 Å². The second-order valence-electron chi connectivity index (χ2n) is 7.06. The van der Waals surface area contributed by atoms with E-state index in [1.165, 1.54) is 6.26 Å². The Hall–Kier alpha value is -3.67. The first kappa shape index (κ1) is 17.4. The molecular formula is C23H20N4O2. The first-order valence-corrected chi connectivity index (χ1v) is 9.73. The van der Waals surface area contributed by atoms with Gasteiger partial charge in [0.2, 0.25) is 0 Å². The van der Waals surface area contributed by atoms with Gasteiger partial charge in [0.05, 0.1) is 18.3 Å². The lowest BCUT2D eigenvalue weighted by atomic mass is 10.0. The largest absolute Gasteiger partial charge is 0.459 e. The third kappa shape index (κ3) is 3.23. The highest BCUT2D eigenvalue weighted by Gasteiger charge is 2.28. The van der Waals surface area contributed by atoms with E-state index in [0.717, 1.165) is 41.4 Å². The first-order valence-electron chi connectivity index (χ1n) is 9.73. The summed E-state index contributed by atoms with van der Waals surface area (Å²) in [6, 6.07) is 15.6. The number of hydrogen-bond acceptors (Lipinski definition) is 4. The van der Waals surface area contributed by atoms with Crippen LogP contribution >= 0.6 is 0 Å². The van der Waals surface area contributed by atoms with Crippen LogP contribution in [0.25, 0.3) is 10.8 Å². The highest BCUT2D eigenvalue weighted by Crippen LogP contribution is 2.36. The van der Waals surface area contributed by atoms with Crippen LogP contribution in [0.15, 0.2) is 82.9 Å². The standard InChI is InChI=1S/C23H20N4O2/c28-23(20-10-5-15-29-20)27(13-2-1-12-26-14-11-24-16-26)22-18-8-3-6-17-7-4-9-19(25-22)21(17)18/h3-11,14-16H,1-2,12-13H2. The minimum atomic E-state index is -0.166. The summed E-state index contributed by atoms with van der Waals surface area (Å²) in [6.07, 6.45) is 8.83. The number of aliphatic imine (C=N–C) groups is 1. The summed E-state index contributed by atoms with van der Waals surface area (Å²) in [6.45, 7) is 1.43. The van der Waals surface area contributed by atoms with Crippen molar-refractivity contribution < 1.29 is 9.21 Å². The lowest BCUT2D eigenvalue weighted by Crippen LogP contribution is -2.37.